The Morgan fingerprint density at radius 3 is 2.45 bits per heavy atom. The summed E-state index contributed by atoms with van der Waals surface area (Å²) in [6, 6.07) is 4.51. The number of alkyl halides is 3. The van der Waals surface area contributed by atoms with E-state index in [4.69, 9.17) is 26.2 Å². The Kier molecular flexibility index (Phi) is 11.2. The fraction of sp³-hybridized carbons (Fsp3) is 0.240. The molecule has 0 aliphatic rings. The van der Waals surface area contributed by atoms with Gasteiger partial charge in [0.25, 0.3) is 5.91 Å². The highest BCUT2D eigenvalue weighted by Gasteiger charge is 2.35. The number of esters is 1. The maximum absolute atomic E-state index is 13.5. The number of carbonyl (C=O) groups is 4. The molecule has 0 atom stereocenters. The number of amides is 1. The molecule has 0 aromatic heterocycles. The predicted molar refractivity (Wildman–Crippen MR) is 133 cm³/mol. The average molecular weight is 588 g/mol. The summed E-state index contributed by atoms with van der Waals surface area (Å²) >= 11 is 5.80. The van der Waals surface area contributed by atoms with Gasteiger partial charge >= 0.3 is 18.1 Å². The zero-order valence-electron chi connectivity index (χ0n) is 20.9. The number of aliphatic carboxylic acids is 1. The number of halogens is 5. The standard InChI is InChI=1S/C25H22ClF4N3O7/c1-14-9-15(27)3-4-20(14)40-21-11-18(25(28,29)30)19(26)10-17(21)24(38)32-16(7-8-34)12-31-33(2)13-39-23(37)6-5-22(35)36/h3-4,7-12H,5-6,13H2,1-2H3,(H,32,38)(H,35,36)/b16-7+,31-12-. The van der Waals surface area contributed by atoms with Crippen molar-refractivity contribution in [2.24, 2.45) is 5.10 Å². The minimum Gasteiger partial charge on any atom is -0.481 e. The van der Waals surface area contributed by atoms with E-state index in [9.17, 15) is 36.7 Å². The maximum atomic E-state index is 13.5. The summed E-state index contributed by atoms with van der Waals surface area (Å²) in [6.07, 6.45) is -3.52. The predicted octanol–water partition coefficient (Wildman–Crippen LogP) is 4.69. The Hall–Kier alpha value is -4.46. The molecule has 0 aliphatic carbocycles. The first-order valence-corrected chi connectivity index (χ1v) is 11.5. The Labute approximate surface area is 229 Å². The van der Waals surface area contributed by atoms with Gasteiger partial charge in [-0.1, -0.05) is 11.6 Å². The Morgan fingerprint density at radius 2 is 1.85 bits per heavy atom. The number of aryl methyl sites for hydroxylation is 1. The van der Waals surface area contributed by atoms with E-state index < -0.39 is 64.9 Å². The van der Waals surface area contributed by atoms with E-state index >= 15 is 0 Å². The van der Waals surface area contributed by atoms with Gasteiger partial charge in [0.1, 0.15) is 23.6 Å². The van der Waals surface area contributed by atoms with Crippen molar-refractivity contribution < 1.29 is 51.3 Å². The van der Waals surface area contributed by atoms with Crippen LogP contribution in [-0.4, -0.2) is 54.2 Å². The van der Waals surface area contributed by atoms with Gasteiger partial charge < -0.3 is 19.9 Å². The highest BCUT2D eigenvalue weighted by molar-refractivity contribution is 6.32. The van der Waals surface area contributed by atoms with Gasteiger partial charge in [-0.2, -0.15) is 18.3 Å². The van der Waals surface area contributed by atoms with Gasteiger partial charge in [-0.3, -0.25) is 24.2 Å². The molecule has 2 N–H and O–H groups in total. The summed E-state index contributed by atoms with van der Waals surface area (Å²) in [5.74, 6) is -4.22. The highest BCUT2D eigenvalue weighted by Crippen LogP contribution is 2.40. The van der Waals surface area contributed by atoms with Crippen LogP contribution in [0.5, 0.6) is 11.5 Å². The van der Waals surface area contributed by atoms with Crippen LogP contribution in [0.25, 0.3) is 0 Å². The van der Waals surface area contributed by atoms with Crippen molar-refractivity contribution in [2.75, 3.05) is 13.8 Å². The molecule has 10 nitrogen and oxygen atoms in total. The third-order valence-electron chi connectivity index (χ3n) is 4.83. The van der Waals surface area contributed by atoms with Crippen LogP contribution in [0.15, 0.2) is 47.2 Å². The zero-order chi connectivity index (χ0) is 30.0. The van der Waals surface area contributed by atoms with Crippen molar-refractivity contribution in [1.29, 1.82) is 0 Å². The van der Waals surface area contributed by atoms with E-state index in [0.717, 1.165) is 35.5 Å². The first-order chi connectivity index (χ1) is 18.7. The number of ether oxygens (including phenoxy) is 2. The van der Waals surface area contributed by atoms with Crippen molar-refractivity contribution in [3.8, 4) is 11.5 Å². The molecule has 0 saturated heterocycles. The van der Waals surface area contributed by atoms with Crippen molar-refractivity contribution in [3.63, 3.8) is 0 Å². The summed E-state index contributed by atoms with van der Waals surface area (Å²) < 4.78 is 64.3. The maximum Gasteiger partial charge on any atom is 0.417 e. The summed E-state index contributed by atoms with van der Waals surface area (Å²) in [4.78, 5) is 46.1. The number of rotatable bonds is 12. The van der Waals surface area contributed by atoms with E-state index in [1.165, 1.54) is 20.0 Å². The van der Waals surface area contributed by atoms with E-state index in [1.54, 1.807) is 0 Å². The van der Waals surface area contributed by atoms with Crippen LogP contribution in [-0.2, 0) is 25.3 Å². The summed E-state index contributed by atoms with van der Waals surface area (Å²) in [5, 5.41) is 15.0. The third kappa shape index (κ3) is 9.69. The minimum atomic E-state index is -4.89. The van der Waals surface area contributed by atoms with Crippen LogP contribution in [0.3, 0.4) is 0 Å². The molecule has 0 spiro atoms. The van der Waals surface area contributed by atoms with Gasteiger partial charge in [0.15, 0.2) is 6.73 Å². The summed E-state index contributed by atoms with van der Waals surface area (Å²) in [6.45, 7) is 1.04. The Bertz CT molecular complexity index is 1350. The number of hydrogen-bond acceptors (Lipinski definition) is 8. The van der Waals surface area contributed by atoms with Gasteiger partial charge in [0, 0.05) is 13.1 Å². The molecule has 15 heteroatoms. The molecule has 0 heterocycles. The number of carboxylic acid groups (broad SMARTS) is 1. The van der Waals surface area contributed by atoms with Crippen molar-refractivity contribution in [1.82, 2.24) is 10.3 Å². The van der Waals surface area contributed by atoms with Crippen molar-refractivity contribution >= 4 is 41.9 Å². The molecule has 0 fully saturated rings. The van der Waals surface area contributed by atoms with Crippen molar-refractivity contribution in [2.45, 2.75) is 25.9 Å². The van der Waals surface area contributed by atoms with E-state index in [1.807, 2.05) is 0 Å². The lowest BCUT2D eigenvalue weighted by atomic mass is 10.1. The molecule has 0 saturated carbocycles. The van der Waals surface area contributed by atoms with Crippen LogP contribution in [0.2, 0.25) is 5.02 Å². The molecule has 0 aliphatic heterocycles. The van der Waals surface area contributed by atoms with Crippen LogP contribution < -0.4 is 10.1 Å². The van der Waals surface area contributed by atoms with Crippen LogP contribution in [0.4, 0.5) is 17.6 Å². The van der Waals surface area contributed by atoms with Gasteiger partial charge in [0.2, 0.25) is 0 Å². The largest absolute Gasteiger partial charge is 0.481 e. The zero-order valence-corrected chi connectivity index (χ0v) is 21.7. The van der Waals surface area contributed by atoms with Crippen LogP contribution in [0.1, 0.15) is 34.3 Å². The first-order valence-electron chi connectivity index (χ1n) is 11.1. The molecular weight excluding hydrogens is 566 g/mol. The number of aldehydes is 1. The third-order valence-corrected chi connectivity index (χ3v) is 5.14. The first kappa shape index (κ1) is 31.8. The van der Waals surface area contributed by atoms with E-state index in [-0.39, 0.29) is 23.4 Å². The number of nitrogens with one attached hydrogen (secondary N) is 1. The minimum absolute atomic E-state index is 0.0318. The lowest BCUT2D eigenvalue weighted by Gasteiger charge is -2.17. The second-order valence-electron chi connectivity index (χ2n) is 7.99. The number of allylic oxidation sites excluding steroid dienone is 2. The summed E-state index contributed by atoms with van der Waals surface area (Å²) in [7, 11) is 1.36. The fourth-order valence-electron chi connectivity index (χ4n) is 2.91. The molecule has 214 valence electrons. The normalized spacial score (nSPS) is 11.7. The van der Waals surface area contributed by atoms with E-state index in [2.05, 4.69) is 10.4 Å². The number of carbonyl (C=O) groups excluding carboxylic acids is 3. The molecule has 0 unspecified atom stereocenters. The molecule has 2 rings (SSSR count). The number of hydrazone groups is 1. The van der Waals surface area contributed by atoms with Gasteiger partial charge in [-0.15, -0.1) is 0 Å². The Balaban J connectivity index is 2.29. The van der Waals surface area contributed by atoms with Gasteiger partial charge in [0.05, 0.1) is 40.9 Å². The van der Waals surface area contributed by atoms with Gasteiger partial charge in [-0.25, -0.2) is 4.39 Å². The highest BCUT2D eigenvalue weighted by atomic mass is 35.5. The smallest absolute Gasteiger partial charge is 0.417 e. The number of nitrogens with zero attached hydrogens (tertiary/aromatic N) is 2. The second kappa shape index (κ2) is 14.1. The molecule has 1 amide bonds. The lowest BCUT2D eigenvalue weighted by molar-refractivity contribution is -0.151. The number of hydrogen-bond donors (Lipinski definition) is 2. The monoisotopic (exact) mass is 587 g/mol. The van der Waals surface area contributed by atoms with Crippen molar-refractivity contribution in [3.05, 3.63) is 69.6 Å². The number of benzene rings is 2. The van der Waals surface area contributed by atoms with E-state index in [0.29, 0.717) is 12.4 Å². The Morgan fingerprint density at radius 1 is 1.15 bits per heavy atom. The molecular formula is C25H22ClF4N3O7. The summed E-state index contributed by atoms with van der Waals surface area (Å²) in [5.41, 5.74) is -1.72. The molecule has 40 heavy (non-hydrogen) atoms. The van der Waals surface area contributed by atoms with Gasteiger partial charge in [-0.05, 0) is 42.8 Å². The second-order valence-corrected chi connectivity index (χ2v) is 8.40. The molecule has 0 bridgehead atoms. The fourth-order valence-corrected chi connectivity index (χ4v) is 3.18. The molecule has 0 radical (unpaired) electrons. The SMILES string of the molecule is Cc1cc(F)ccc1Oc1cc(C(F)(F)F)c(Cl)cc1C(=O)NC(/C=N\N(C)COC(=O)CCC(=O)O)=C/C=O. The topological polar surface area (TPSA) is 135 Å². The quantitative estimate of drug-likeness (QED) is 0.0694. The molecule has 2 aromatic rings. The van der Waals surface area contributed by atoms with Crippen LogP contribution in [0, 0.1) is 12.7 Å². The number of carboxylic acids is 1. The van der Waals surface area contributed by atoms with Crippen LogP contribution >= 0.6 is 11.6 Å². The lowest BCUT2D eigenvalue weighted by Crippen LogP contribution is -2.26. The average Bonchev–Trinajstić information content (AvgIpc) is 2.86. The molecule has 2 aromatic carbocycles.